The van der Waals surface area contributed by atoms with E-state index >= 15 is 0 Å². The van der Waals surface area contributed by atoms with E-state index in [2.05, 4.69) is 38.1 Å². The lowest BCUT2D eigenvalue weighted by Gasteiger charge is -2.13. The smallest absolute Gasteiger partial charge is 0.0863 e. The quantitative estimate of drug-likeness (QED) is 0.700. The number of nitrogens with zero attached hydrogens (tertiary/aromatic N) is 2. The van der Waals surface area contributed by atoms with Gasteiger partial charge < -0.3 is 0 Å². The van der Waals surface area contributed by atoms with Gasteiger partial charge in [0.1, 0.15) is 0 Å². The van der Waals surface area contributed by atoms with Crippen LogP contribution in [0.15, 0.2) is 18.2 Å². The second-order valence-corrected chi connectivity index (χ2v) is 4.08. The average Bonchev–Trinajstić information content (AvgIpc) is 2.17. The summed E-state index contributed by atoms with van der Waals surface area (Å²) in [6.45, 7) is 5.70. The highest BCUT2D eigenvalue weighted by Crippen LogP contribution is 2.11. The fraction of sp³-hybridized carbons (Fsp3) is 0.462. The number of hydrogen-bond acceptors (Lipinski definition) is 2. The molecular formula is C13H18N2. The highest BCUT2D eigenvalue weighted by atomic mass is 15.1. The lowest BCUT2D eigenvalue weighted by atomic mass is 10.0. The fourth-order valence-corrected chi connectivity index (χ4v) is 1.64. The van der Waals surface area contributed by atoms with Crippen LogP contribution in [0.4, 0.5) is 0 Å². The van der Waals surface area contributed by atoms with E-state index in [1.807, 2.05) is 11.9 Å². The van der Waals surface area contributed by atoms with Crippen molar-refractivity contribution in [3.63, 3.8) is 0 Å². The largest absolute Gasteiger partial charge is 0.293 e. The van der Waals surface area contributed by atoms with Crippen molar-refractivity contribution in [2.24, 2.45) is 0 Å². The molecule has 1 rings (SSSR count). The van der Waals surface area contributed by atoms with Gasteiger partial charge in [-0.1, -0.05) is 23.8 Å². The maximum absolute atomic E-state index is 8.53. The molecule has 1 aromatic rings. The van der Waals surface area contributed by atoms with Gasteiger partial charge in [-0.3, -0.25) is 4.90 Å². The first-order valence-electron chi connectivity index (χ1n) is 5.25. The molecule has 0 aliphatic carbocycles. The molecule has 0 spiro atoms. The van der Waals surface area contributed by atoms with Gasteiger partial charge in [0.05, 0.1) is 12.6 Å². The first-order valence-corrected chi connectivity index (χ1v) is 5.25. The number of nitriles is 1. The Hall–Kier alpha value is -1.33. The van der Waals surface area contributed by atoms with Crippen molar-refractivity contribution in [2.45, 2.75) is 20.3 Å². The molecule has 0 saturated heterocycles. The molecule has 0 aliphatic heterocycles. The van der Waals surface area contributed by atoms with Crippen molar-refractivity contribution in [3.05, 3.63) is 34.9 Å². The molecule has 0 aliphatic rings. The van der Waals surface area contributed by atoms with Crippen LogP contribution >= 0.6 is 0 Å². The fourth-order valence-electron chi connectivity index (χ4n) is 1.64. The van der Waals surface area contributed by atoms with Gasteiger partial charge in [-0.15, -0.1) is 0 Å². The van der Waals surface area contributed by atoms with Crippen molar-refractivity contribution in [3.8, 4) is 6.07 Å². The summed E-state index contributed by atoms with van der Waals surface area (Å²) in [7, 11) is 1.98. The molecule has 0 amide bonds. The van der Waals surface area contributed by atoms with Crippen molar-refractivity contribution in [1.82, 2.24) is 4.90 Å². The third kappa shape index (κ3) is 3.73. The summed E-state index contributed by atoms with van der Waals surface area (Å²) >= 11 is 0. The van der Waals surface area contributed by atoms with Crippen LogP contribution in [0.5, 0.6) is 0 Å². The van der Waals surface area contributed by atoms with Crippen molar-refractivity contribution >= 4 is 0 Å². The molecule has 80 valence electrons. The number of hydrogen-bond donors (Lipinski definition) is 0. The van der Waals surface area contributed by atoms with Gasteiger partial charge in [0.2, 0.25) is 0 Å². The molecule has 2 nitrogen and oxygen atoms in total. The average molecular weight is 202 g/mol. The van der Waals surface area contributed by atoms with Crippen molar-refractivity contribution < 1.29 is 0 Å². The molecule has 0 radical (unpaired) electrons. The molecule has 0 aromatic heterocycles. The van der Waals surface area contributed by atoms with Crippen LogP contribution in [0.3, 0.4) is 0 Å². The van der Waals surface area contributed by atoms with Gasteiger partial charge in [-0.25, -0.2) is 0 Å². The molecule has 0 bridgehead atoms. The highest BCUT2D eigenvalue weighted by molar-refractivity contribution is 5.30. The van der Waals surface area contributed by atoms with Crippen LogP contribution < -0.4 is 0 Å². The summed E-state index contributed by atoms with van der Waals surface area (Å²) in [5.41, 5.74) is 4.03. The molecule has 0 saturated carbocycles. The van der Waals surface area contributed by atoms with Crippen LogP contribution in [0.25, 0.3) is 0 Å². The van der Waals surface area contributed by atoms with Gasteiger partial charge >= 0.3 is 0 Å². The monoisotopic (exact) mass is 202 g/mol. The maximum Gasteiger partial charge on any atom is 0.0863 e. The summed E-state index contributed by atoms with van der Waals surface area (Å²) in [6.07, 6.45) is 1.02. The molecule has 2 heteroatoms. The number of likely N-dealkylation sites (N-methyl/N-ethyl adjacent to an activating group) is 1. The summed E-state index contributed by atoms with van der Waals surface area (Å²) in [5.74, 6) is 0. The summed E-state index contributed by atoms with van der Waals surface area (Å²) in [5, 5.41) is 8.53. The standard InChI is InChI=1S/C13H18N2/c1-11-4-5-13(12(2)10-11)6-8-15(3)9-7-14/h4-5,10H,6,8-9H2,1-3H3. The zero-order valence-electron chi connectivity index (χ0n) is 9.75. The predicted octanol–water partition coefficient (Wildman–Crippen LogP) is 2.30. The molecule has 15 heavy (non-hydrogen) atoms. The Morgan fingerprint density at radius 3 is 2.67 bits per heavy atom. The van der Waals surface area contributed by atoms with E-state index < -0.39 is 0 Å². The normalized spacial score (nSPS) is 10.3. The Balaban J connectivity index is 2.55. The molecule has 0 atom stereocenters. The molecule has 0 fully saturated rings. The summed E-state index contributed by atoms with van der Waals surface area (Å²) in [4.78, 5) is 2.04. The van der Waals surface area contributed by atoms with E-state index in [9.17, 15) is 0 Å². The minimum atomic E-state index is 0.505. The van der Waals surface area contributed by atoms with Crippen molar-refractivity contribution in [2.75, 3.05) is 20.1 Å². The van der Waals surface area contributed by atoms with Crippen LogP contribution in [0.1, 0.15) is 16.7 Å². The molecule has 0 N–H and O–H groups in total. The minimum Gasteiger partial charge on any atom is -0.293 e. The van der Waals surface area contributed by atoms with Crippen molar-refractivity contribution in [1.29, 1.82) is 5.26 Å². The number of rotatable bonds is 4. The van der Waals surface area contributed by atoms with Crippen LogP contribution in [-0.4, -0.2) is 25.0 Å². The van der Waals surface area contributed by atoms with Crippen LogP contribution in [-0.2, 0) is 6.42 Å². The zero-order chi connectivity index (χ0) is 11.3. The molecular weight excluding hydrogens is 184 g/mol. The Morgan fingerprint density at radius 2 is 2.07 bits per heavy atom. The second-order valence-electron chi connectivity index (χ2n) is 4.08. The van der Waals surface area contributed by atoms with E-state index in [1.165, 1.54) is 16.7 Å². The molecule has 0 unspecified atom stereocenters. The van der Waals surface area contributed by atoms with Gasteiger partial charge in [-0.05, 0) is 38.4 Å². The third-order valence-corrected chi connectivity index (χ3v) is 2.60. The van der Waals surface area contributed by atoms with Crippen LogP contribution in [0, 0.1) is 25.2 Å². The lowest BCUT2D eigenvalue weighted by molar-refractivity contribution is 0.379. The van der Waals surface area contributed by atoms with E-state index in [1.54, 1.807) is 0 Å². The van der Waals surface area contributed by atoms with E-state index in [0.717, 1.165) is 13.0 Å². The lowest BCUT2D eigenvalue weighted by Crippen LogP contribution is -2.21. The predicted molar refractivity (Wildman–Crippen MR) is 62.7 cm³/mol. The first kappa shape index (κ1) is 11.7. The van der Waals surface area contributed by atoms with Gasteiger partial charge in [0.15, 0.2) is 0 Å². The maximum atomic E-state index is 8.53. The highest BCUT2D eigenvalue weighted by Gasteiger charge is 2.01. The Labute approximate surface area is 92.1 Å². The third-order valence-electron chi connectivity index (χ3n) is 2.60. The molecule has 0 heterocycles. The summed E-state index contributed by atoms with van der Waals surface area (Å²) in [6, 6.07) is 8.69. The van der Waals surface area contributed by atoms with E-state index in [0.29, 0.717) is 6.54 Å². The van der Waals surface area contributed by atoms with Gasteiger partial charge in [0.25, 0.3) is 0 Å². The van der Waals surface area contributed by atoms with Gasteiger partial charge in [0, 0.05) is 6.54 Å². The zero-order valence-corrected chi connectivity index (χ0v) is 9.75. The Bertz CT molecular complexity index is 363. The van der Waals surface area contributed by atoms with Crippen LogP contribution in [0.2, 0.25) is 0 Å². The Kier molecular flexibility index (Phi) is 4.33. The summed E-state index contributed by atoms with van der Waals surface area (Å²) < 4.78 is 0. The topological polar surface area (TPSA) is 27.0 Å². The number of aryl methyl sites for hydroxylation is 2. The van der Waals surface area contributed by atoms with E-state index in [-0.39, 0.29) is 0 Å². The van der Waals surface area contributed by atoms with Gasteiger partial charge in [-0.2, -0.15) is 5.26 Å². The second kappa shape index (κ2) is 5.53. The first-order chi connectivity index (χ1) is 7.13. The Morgan fingerprint density at radius 1 is 1.33 bits per heavy atom. The number of benzene rings is 1. The minimum absolute atomic E-state index is 0.505. The SMILES string of the molecule is Cc1ccc(CCN(C)CC#N)c(C)c1. The molecule has 1 aromatic carbocycles. The van der Waals surface area contributed by atoms with E-state index in [4.69, 9.17) is 5.26 Å².